The van der Waals surface area contributed by atoms with Crippen LogP contribution in [0.5, 0.6) is 0 Å². The normalized spacial score (nSPS) is 14.9. The van der Waals surface area contributed by atoms with E-state index < -0.39 is 29.0 Å². The van der Waals surface area contributed by atoms with Gasteiger partial charge in [0.1, 0.15) is 5.60 Å². The minimum atomic E-state index is -4.62. The topological polar surface area (TPSA) is 92.8 Å². The third-order valence-electron chi connectivity index (χ3n) is 5.99. The van der Waals surface area contributed by atoms with Crippen LogP contribution in [0.4, 0.5) is 18.0 Å². The summed E-state index contributed by atoms with van der Waals surface area (Å²) in [5.74, 6) is 0. The van der Waals surface area contributed by atoms with Gasteiger partial charge in [0, 0.05) is 0 Å². The zero-order valence-electron chi connectivity index (χ0n) is 20.2. The van der Waals surface area contributed by atoms with E-state index in [1.807, 2.05) is 18.2 Å². The number of fused-ring (bicyclic) bond motifs is 1. The molecule has 186 valence electrons. The fourth-order valence-electron chi connectivity index (χ4n) is 4.16. The van der Waals surface area contributed by atoms with Gasteiger partial charge < -0.3 is 4.74 Å². The number of aryl methyl sites for hydroxylation is 1. The van der Waals surface area contributed by atoms with Crippen LogP contribution in [-0.4, -0.2) is 56.9 Å². The maximum absolute atomic E-state index is 13.8. The van der Waals surface area contributed by atoms with Gasteiger partial charge in [-0.2, -0.15) is 0 Å². The van der Waals surface area contributed by atoms with Crippen LogP contribution in [0.3, 0.4) is 0 Å². The van der Waals surface area contributed by atoms with E-state index >= 15 is 0 Å². The van der Waals surface area contributed by atoms with Gasteiger partial charge in [-0.05, 0) is 20.8 Å². The molecule has 0 spiro atoms. The van der Waals surface area contributed by atoms with Crippen molar-refractivity contribution in [2.45, 2.75) is 63.6 Å². The van der Waals surface area contributed by atoms with Gasteiger partial charge in [-0.3, -0.25) is 0 Å². The van der Waals surface area contributed by atoms with Gasteiger partial charge in [-0.1, -0.05) is 0 Å². The molecular weight excluding hydrogens is 664 g/mol. The molecule has 0 bridgehead atoms. The summed E-state index contributed by atoms with van der Waals surface area (Å²) in [5.41, 5.74) is 0.733. The monoisotopic (exact) mass is 689 g/mol. The third-order valence-corrected chi connectivity index (χ3v) is 7.39. The van der Waals surface area contributed by atoms with Gasteiger partial charge in [0.25, 0.3) is 0 Å². The number of aromatic nitrogens is 3. The molecule has 1 aliphatic rings. The van der Waals surface area contributed by atoms with Gasteiger partial charge in [0.15, 0.2) is 0 Å². The molecule has 0 radical (unpaired) electrons. The average molecular weight is 689 g/mol. The van der Waals surface area contributed by atoms with Gasteiger partial charge >= 0.3 is 188 Å². The van der Waals surface area contributed by atoms with Crippen molar-refractivity contribution >= 4 is 43.2 Å². The Bertz CT molecular complexity index is 1350. The molecule has 3 aromatic rings. The fourth-order valence-corrected chi connectivity index (χ4v) is 5.37. The van der Waals surface area contributed by atoms with Gasteiger partial charge in [-0.15, -0.1) is 0 Å². The van der Waals surface area contributed by atoms with Crippen molar-refractivity contribution < 1.29 is 22.7 Å². The zero-order valence-corrected chi connectivity index (χ0v) is 24.7. The second-order valence-electron chi connectivity index (χ2n) is 9.99. The number of pyridine rings is 1. The molecule has 1 amide bonds. The number of rotatable bonds is 6. The van der Waals surface area contributed by atoms with Gasteiger partial charge in [0.2, 0.25) is 0 Å². The van der Waals surface area contributed by atoms with Crippen molar-refractivity contribution in [3.63, 3.8) is 0 Å². The van der Waals surface area contributed by atoms with Crippen molar-refractivity contribution in [2.24, 2.45) is 0 Å². The predicted molar refractivity (Wildman–Crippen MR) is 128 cm³/mol. The second-order valence-corrected chi connectivity index (χ2v) is 11.9. The molecule has 0 saturated heterocycles. The molecule has 1 fully saturated rings. The Hall–Kier alpha value is -2.69. The zero-order chi connectivity index (χ0) is 26.3. The molecule has 1 aliphatic carbocycles. The minimum absolute atomic E-state index is 0.0176. The molecule has 2 aromatic heterocycles. The molecule has 1 saturated carbocycles. The molecule has 36 heavy (non-hydrogen) atoms. The van der Waals surface area contributed by atoms with E-state index in [0.717, 1.165) is 11.1 Å². The van der Waals surface area contributed by atoms with E-state index in [0.29, 0.717) is 43.4 Å². The number of nitrogens with one attached hydrogen (secondary N) is 1. The number of alkyl carbamates (subject to hydrolysis) is 1. The third kappa shape index (κ3) is 5.66. The quantitative estimate of drug-likeness (QED) is 0.289. The summed E-state index contributed by atoms with van der Waals surface area (Å²) < 4.78 is 48.1. The predicted octanol–water partition coefficient (Wildman–Crippen LogP) is 5.06. The number of alkyl halides is 3. The van der Waals surface area contributed by atoms with E-state index in [2.05, 4.69) is 21.5 Å². The first-order valence-electron chi connectivity index (χ1n) is 11.6. The first-order chi connectivity index (χ1) is 16.8. The van der Waals surface area contributed by atoms with Gasteiger partial charge in [-0.25, -0.2) is 4.79 Å². The Morgan fingerprint density at radius 1 is 1.28 bits per heavy atom. The number of carbonyl (C=O) groups is 1. The molecule has 0 aliphatic heterocycles. The van der Waals surface area contributed by atoms with Crippen LogP contribution in [0.1, 0.15) is 56.9 Å². The van der Waals surface area contributed by atoms with Crippen LogP contribution in [0.15, 0.2) is 30.5 Å². The van der Waals surface area contributed by atoms with E-state index in [4.69, 9.17) is 4.74 Å². The van der Waals surface area contributed by atoms with Crippen LogP contribution < -0.4 is 5.32 Å². The first kappa shape index (κ1) is 26.4. The standard InChI is InChI=1S/C25H26F3N5O2.Tl/c1-23(2,3)35-22(34)31-9-4-5-15-11-16(13-17(12-15)24(14-29)7-8-24)18-6-10-30-21-19(18)20(32-33-21)25(26,27)28;/h6,10-13H,4-5,7-9H2,1-3H3,(H2,30,31,32,33,34);/q;+1/p-1. The van der Waals surface area contributed by atoms with E-state index in [-0.39, 0.29) is 37.1 Å². The van der Waals surface area contributed by atoms with Gasteiger partial charge in [0.05, 0.1) is 0 Å². The second kappa shape index (κ2) is 9.64. The molecule has 7 nitrogen and oxygen atoms in total. The van der Waals surface area contributed by atoms with E-state index in [9.17, 15) is 23.2 Å². The Balaban J connectivity index is 1.68. The molecular formula is C25H25F3N5O2Tl. The van der Waals surface area contributed by atoms with Crippen LogP contribution in [0.25, 0.3) is 22.2 Å². The summed E-state index contributed by atoms with van der Waals surface area (Å²) >= 11 is 0.0176. The number of amides is 1. The Morgan fingerprint density at radius 2 is 2.00 bits per heavy atom. The van der Waals surface area contributed by atoms with E-state index in [1.54, 1.807) is 26.8 Å². The van der Waals surface area contributed by atoms with Crippen LogP contribution in [0.2, 0.25) is 0 Å². The number of hydrogen-bond acceptors (Lipinski definition) is 5. The number of hydrogen-bond donors (Lipinski definition) is 1. The summed E-state index contributed by atoms with van der Waals surface area (Å²) in [4.78, 5) is 16.1. The summed E-state index contributed by atoms with van der Waals surface area (Å²) in [5, 5.41) is 16.2. The van der Waals surface area contributed by atoms with Crippen LogP contribution in [-0.2, 0) is 22.7 Å². The van der Waals surface area contributed by atoms with Crippen molar-refractivity contribution in [1.29, 1.82) is 5.26 Å². The molecule has 2 heterocycles. The number of carbonyl (C=O) groups excluding carboxylic acids is 1. The maximum atomic E-state index is 13.8. The number of halogens is 3. The first-order valence-corrected chi connectivity index (χ1v) is 13.6. The van der Waals surface area contributed by atoms with Crippen molar-refractivity contribution in [2.75, 3.05) is 6.54 Å². The molecule has 1 aromatic carbocycles. The SMILES string of the molecule is CC(C)(C)OC(=O)NCCCc1cc(-c2ccnc3c2c(C(F)(F)F)n[n]3[Tl])cc(C2(C#N)CC2)c1. The average Bonchev–Trinajstić information content (AvgIpc) is 3.52. The number of ether oxygens (including phenoxy) is 1. The van der Waals surface area contributed by atoms with Crippen molar-refractivity contribution in [3.05, 3.63) is 47.3 Å². The summed E-state index contributed by atoms with van der Waals surface area (Å²) in [6.45, 7) is 5.73. The molecule has 4 rings (SSSR count). The number of benzene rings is 1. The summed E-state index contributed by atoms with van der Waals surface area (Å²) in [6.07, 6.45) is -1.03. The number of nitrogens with zero attached hydrogens (tertiary/aromatic N) is 4. The fraction of sp³-hybridized carbons (Fsp3) is 0.440. The Morgan fingerprint density at radius 3 is 2.61 bits per heavy atom. The molecule has 0 unspecified atom stereocenters. The van der Waals surface area contributed by atoms with E-state index in [1.165, 1.54) is 8.69 Å². The van der Waals surface area contributed by atoms with Crippen LogP contribution >= 0.6 is 0 Å². The number of nitriles is 1. The Labute approximate surface area is 223 Å². The summed E-state index contributed by atoms with van der Waals surface area (Å²) in [6, 6.07) is 9.58. The summed E-state index contributed by atoms with van der Waals surface area (Å²) in [7, 11) is 0. The molecule has 11 heteroatoms. The van der Waals surface area contributed by atoms with Crippen molar-refractivity contribution in [1.82, 2.24) is 17.9 Å². The molecule has 0 atom stereocenters. The van der Waals surface area contributed by atoms with Crippen LogP contribution in [0, 0.1) is 11.3 Å². The molecule has 1 N–H and O–H groups in total. The Kier molecular flexibility index (Phi) is 7.07. The van der Waals surface area contributed by atoms with Crippen molar-refractivity contribution in [3.8, 4) is 17.2 Å².